The van der Waals surface area contributed by atoms with Gasteiger partial charge >= 0.3 is 6.03 Å². The largest absolute Gasteiger partial charge is 0.335 e. The molecule has 0 spiro atoms. The zero-order valence-electron chi connectivity index (χ0n) is 12.4. The van der Waals surface area contributed by atoms with Gasteiger partial charge in [-0.1, -0.05) is 17.7 Å². The van der Waals surface area contributed by atoms with Gasteiger partial charge in [0.1, 0.15) is 17.2 Å². The van der Waals surface area contributed by atoms with E-state index in [0.29, 0.717) is 4.90 Å². The van der Waals surface area contributed by atoms with Crippen LogP contribution in [0, 0.1) is 11.6 Å². The molecule has 0 aliphatic carbocycles. The molecule has 0 radical (unpaired) electrons. The molecule has 1 saturated heterocycles. The molecule has 1 N–H and O–H groups in total. The van der Waals surface area contributed by atoms with Crippen molar-refractivity contribution in [3.05, 3.63) is 70.3 Å². The van der Waals surface area contributed by atoms with Gasteiger partial charge in [-0.25, -0.2) is 18.5 Å². The highest BCUT2D eigenvalue weighted by atomic mass is 35.5. The maximum atomic E-state index is 13.9. The molecular formula is C17H9ClF2N2O3. The number of hydrogen-bond donors (Lipinski definition) is 1. The highest BCUT2D eigenvalue weighted by Crippen LogP contribution is 2.25. The Labute approximate surface area is 145 Å². The maximum absolute atomic E-state index is 13.9. The summed E-state index contributed by atoms with van der Waals surface area (Å²) in [6.07, 6.45) is 0.971. The Bertz CT molecular complexity index is 906. The Morgan fingerprint density at radius 1 is 1.00 bits per heavy atom. The molecule has 126 valence electrons. The van der Waals surface area contributed by atoms with Crippen LogP contribution in [-0.4, -0.2) is 17.8 Å². The zero-order valence-corrected chi connectivity index (χ0v) is 13.2. The van der Waals surface area contributed by atoms with Crippen LogP contribution in [0.4, 0.5) is 19.3 Å². The third-order valence-electron chi connectivity index (χ3n) is 3.47. The van der Waals surface area contributed by atoms with Crippen LogP contribution in [0.3, 0.4) is 0 Å². The molecule has 1 heterocycles. The minimum atomic E-state index is -0.988. The molecule has 0 atom stereocenters. The lowest BCUT2D eigenvalue weighted by molar-refractivity contribution is -0.122. The second-order valence-electron chi connectivity index (χ2n) is 5.07. The van der Waals surface area contributed by atoms with Crippen LogP contribution < -0.4 is 10.2 Å². The second kappa shape index (κ2) is 6.45. The fourth-order valence-corrected chi connectivity index (χ4v) is 2.49. The maximum Gasteiger partial charge on any atom is 0.335 e. The summed E-state index contributed by atoms with van der Waals surface area (Å²) in [5, 5.41) is 1.98. The highest BCUT2D eigenvalue weighted by molar-refractivity contribution is 6.39. The number of halogens is 3. The minimum Gasteiger partial charge on any atom is -0.273 e. The number of carbonyl (C=O) groups is 3. The number of imide groups is 2. The van der Waals surface area contributed by atoms with E-state index in [4.69, 9.17) is 11.6 Å². The molecule has 0 saturated carbocycles. The number of rotatable bonds is 2. The predicted molar refractivity (Wildman–Crippen MR) is 86.8 cm³/mol. The molecule has 8 heteroatoms. The van der Waals surface area contributed by atoms with Crippen LogP contribution in [0.25, 0.3) is 6.08 Å². The van der Waals surface area contributed by atoms with Crippen molar-refractivity contribution in [2.75, 3.05) is 4.90 Å². The number of nitrogens with one attached hydrogen (secondary N) is 1. The number of amides is 4. The zero-order chi connectivity index (χ0) is 18.1. The van der Waals surface area contributed by atoms with E-state index in [1.54, 1.807) is 0 Å². The Hall–Kier alpha value is -3.06. The Balaban J connectivity index is 2.07. The number of anilines is 1. The lowest BCUT2D eigenvalue weighted by Gasteiger charge is -2.26. The van der Waals surface area contributed by atoms with Crippen molar-refractivity contribution >= 4 is 41.2 Å². The lowest BCUT2D eigenvalue weighted by atomic mass is 10.1. The molecule has 4 amide bonds. The number of carbonyl (C=O) groups excluding carboxylic acids is 3. The van der Waals surface area contributed by atoms with Crippen molar-refractivity contribution in [3.8, 4) is 0 Å². The number of barbiturate groups is 1. The van der Waals surface area contributed by atoms with Gasteiger partial charge < -0.3 is 0 Å². The molecule has 0 bridgehead atoms. The van der Waals surface area contributed by atoms with E-state index >= 15 is 0 Å². The van der Waals surface area contributed by atoms with Crippen LogP contribution in [0.2, 0.25) is 5.02 Å². The fourth-order valence-electron chi connectivity index (χ4n) is 2.28. The molecule has 0 aromatic heterocycles. The van der Waals surface area contributed by atoms with E-state index in [9.17, 15) is 23.2 Å². The van der Waals surface area contributed by atoms with Crippen molar-refractivity contribution < 1.29 is 23.2 Å². The van der Waals surface area contributed by atoms with Crippen LogP contribution >= 0.6 is 11.6 Å². The van der Waals surface area contributed by atoms with Gasteiger partial charge in [0.25, 0.3) is 11.8 Å². The topological polar surface area (TPSA) is 66.5 Å². The van der Waals surface area contributed by atoms with Gasteiger partial charge in [0.2, 0.25) is 0 Å². The second-order valence-corrected chi connectivity index (χ2v) is 5.48. The summed E-state index contributed by atoms with van der Waals surface area (Å²) in [6.45, 7) is 0. The summed E-state index contributed by atoms with van der Waals surface area (Å²) >= 11 is 5.89. The highest BCUT2D eigenvalue weighted by Gasteiger charge is 2.37. The van der Waals surface area contributed by atoms with Gasteiger partial charge in [-0.3, -0.25) is 14.9 Å². The van der Waals surface area contributed by atoms with Crippen molar-refractivity contribution in [3.63, 3.8) is 0 Å². The molecule has 0 unspecified atom stereocenters. The van der Waals surface area contributed by atoms with E-state index in [-0.39, 0.29) is 16.3 Å². The van der Waals surface area contributed by atoms with E-state index in [1.165, 1.54) is 24.3 Å². The van der Waals surface area contributed by atoms with E-state index in [0.717, 1.165) is 24.3 Å². The molecule has 3 rings (SSSR count). The number of hydrogen-bond acceptors (Lipinski definition) is 3. The lowest BCUT2D eigenvalue weighted by Crippen LogP contribution is -2.54. The average Bonchev–Trinajstić information content (AvgIpc) is 2.55. The summed E-state index contributed by atoms with van der Waals surface area (Å²) in [4.78, 5) is 37.2. The molecule has 1 aliphatic rings. The number of nitrogens with zero attached hydrogens (tertiary/aromatic N) is 1. The summed E-state index contributed by atoms with van der Waals surface area (Å²) < 4.78 is 26.9. The van der Waals surface area contributed by atoms with Gasteiger partial charge in [-0.2, -0.15) is 0 Å². The Morgan fingerprint density at radius 3 is 2.32 bits per heavy atom. The first-order valence-corrected chi connectivity index (χ1v) is 7.37. The van der Waals surface area contributed by atoms with Crippen LogP contribution in [-0.2, 0) is 9.59 Å². The first kappa shape index (κ1) is 16.8. The molecule has 1 fully saturated rings. The minimum absolute atomic E-state index is 0.00154. The fraction of sp³-hybridized carbons (Fsp3) is 0. The van der Waals surface area contributed by atoms with Crippen LogP contribution in [0.1, 0.15) is 5.56 Å². The molecular weight excluding hydrogens is 354 g/mol. The average molecular weight is 363 g/mol. The van der Waals surface area contributed by atoms with Gasteiger partial charge in [0, 0.05) is 5.56 Å². The van der Waals surface area contributed by atoms with E-state index in [1.807, 2.05) is 5.32 Å². The van der Waals surface area contributed by atoms with Crippen LogP contribution in [0.15, 0.2) is 48.0 Å². The quantitative estimate of drug-likeness (QED) is 0.658. The first-order chi connectivity index (χ1) is 11.9. The van der Waals surface area contributed by atoms with Crippen molar-refractivity contribution in [1.82, 2.24) is 5.32 Å². The first-order valence-electron chi connectivity index (χ1n) is 6.99. The van der Waals surface area contributed by atoms with Crippen molar-refractivity contribution in [1.29, 1.82) is 0 Å². The molecule has 1 aliphatic heterocycles. The van der Waals surface area contributed by atoms with Crippen molar-refractivity contribution in [2.24, 2.45) is 0 Å². The van der Waals surface area contributed by atoms with Crippen LogP contribution in [0.5, 0.6) is 0 Å². The third kappa shape index (κ3) is 3.14. The molecule has 25 heavy (non-hydrogen) atoms. The standard InChI is InChI=1S/C17H9ClF2N2O3/c18-13-2-1-3-14(20)11(13)8-12-15(23)21-17(25)22(16(12)24)10-6-4-9(19)5-7-10/h1-8H,(H,21,23,25)/b12-8+. The molecule has 2 aromatic rings. The Morgan fingerprint density at radius 2 is 1.68 bits per heavy atom. The third-order valence-corrected chi connectivity index (χ3v) is 3.80. The van der Waals surface area contributed by atoms with E-state index < -0.39 is 35.1 Å². The summed E-state index contributed by atoms with van der Waals surface area (Å²) in [6, 6.07) is 7.42. The van der Waals surface area contributed by atoms with Gasteiger partial charge in [0.05, 0.1) is 10.7 Å². The summed E-state index contributed by atoms with van der Waals surface area (Å²) in [7, 11) is 0. The number of benzene rings is 2. The molecule has 2 aromatic carbocycles. The summed E-state index contributed by atoms with van der Waals surface area (Å²) in [5.41, 5.74) is -0.575. The summed E-state index contributed by atoms with van der Waals surface area (Å²) in [5.74, 6) is -3.24. The Kier molecular flexibility index (Phi) is 4.33. The normalized spacial score (nSPS) is 16.4. The smallest absolute Gasteiger partial charge is 0.273 e. The number of urea groups is 1. The van der Waals surface area contributed by atoms with Gasteiger partial charge in [-0.15, -0.1) is 0 Å². The van der Waals surface area contributed by atoms with Crippen molar-refractivity contribution in [2.45, 2.75) is 0 Å². The SMILES string of the molecule is O=C1NC(=O)N(c2ccc(F)cc2)C(=O)/C1=C/c1c(F)cccc1Cl. The predicted octanol–water partition coefficient (Wildman–Crippen LogP) is 3.28. The van der Waals surface area contributed by atoms with Gasteiger partial charge in [0.15, 0.2) is 0 Å². The molecule has 5 nitrogen and oxygen atoms in total. The van der Waals surface area contributed by atoms with E-state index in [2.05, 4.69) is 0 Å². The monoisotopic (exact) mass is 362 g/mol. The van der Waals surface area contributed by atoms with Gasteiger partial charge in [-0.05, 0) is 42.5 Å².